The van der Waals surface area contributed by atoms with E-state index in [1.807, 2.05) is 65.2 Å². The molecule has 5 rings (SSSR count). The molecule has 2 aromatic carbocycles. The Hall–Kier alpha value is -4.33. The molecule has 8 heteroatoms. The molecule has 1 aliphatic rings. The van der Waals surface area contributed by atoms with Gasteiger partial charge in [-0.25, -0.2) is 9.97 Å². The van der Waals surface area contributed by atoms with Gasteiger partial charge in [0.2, 0.25) is 11.9 Å². The number of aromatic nitrogens is 3. The molecule has 4 aromatic rings. The van der Waals surface area contributed by atoms with E-state index in [-0.39, 0.29) is 5.91 Å². The Labute approximate surface area is 185 Å². The highest BCUT2D eigenvalue weighted by Crippen LogP contribution is 2.33. The van der Waals surface area contributed by atoms with Crippen molar-refractivity contribution in [2.75, 3.05) is 35.7 Å². The Morgan fingerprint density at radius 3 is 2.56 bits per heavy atom. The maximum Gasteiger partial charge on any atom is 0.247 e. The third-order valence-electron chi connectivity index (χ3n) is 5.54. The summed E-state index contributed by atoms with van der Waals surface area (Å²) in [6.45, 7) is 5.33. The molecular weight excluding hydrogens is 402 g/mol. The number of carbonyl (C=O) groups is 1. The molecule has 3 heterocycles. The van der Waals surface area contributed by atoms with Gasteiger partial charge in [-0.15, -0.1) is 0 Å². The molecule has 1 saturated heterocycles. The van der Waals surface area contributed by atoms with E-state index in [9.17, 15) is 4.79 Å². The number of nitrogens with zero attached hydrogens (tertiary/aromatic N) is 5. The van der Waals surface area contributed by atoms with E-state index in [0.717, 1.165) is 34.1 Å². The van der Waals surface area contributed by atoms with E-state index in [4.69, 9.17) is 10.7 Å². The molecule has 160 valence electrons. The maximum absolute atomic E-state index is 12.0. The molecule has 3 N–H and O–H groups in total. The van der Waals surface area contributed by atoms with Gasteiger partial charge in [-0.1, -0.05) is 36.9 Å². The summed E-state index contributed by atoms with van der Waals surface area (Å²) in [4.78, 5) is 25.0. The Morgan fingerprint density at radius 2 is 1.81 bits per heavy atom. The number of imidazole rings is 1. The van der Waals surface area contributed by atoms with Crippen LogP contribution in [0, 0.1) is 0 Å². The number of rotatable bonds is 5. The Morgan fingerprint density at radius 1 is 1.06 bits per heavy atom. The lowest BCUT2D eigenvalue weighted by Crippen LogP contribution is -2.30. The highest BCUT2D eigenvalue weighted by Gasteiger charge is 2.27. The molecule has 0 spiro atoms. The number of hydrogen-bond donors (Lipinski definition) is 2. The topological polar surface area (TPSA) is 91.8 Å². The van der Waals surface area contributed by atoms with Crippen molar-refractivity contribution in [3.8, 4) is 11.3 Å². The molecule has 0 aliphatic carbocycles. The van der Waals surface area contributed by atoms with Gasteiger partial charge in [0, 0.05) is 42.4 Å². The summed E-state index contributed by atoms with van der Waals surface area (Å²) >= 11 is 0. The molecule has 0 bridgehead atoms. The zero-order chi connectivity index (χ0) is 22.1. The second-order valence-electron chi connectivity index (χ2n) is 7.57. The van der Waals surface area contributed by atoms with Crippen LogP contribution in [0.5, 0.6) is 0 Å². The van der Waals surface area contributed by atoms with Crippen molar-refractivity contribution in [3.63, 3.8) is 0 Å². The first-order chi connectivity index (χ1) is 15.6. The number of nitrogens with one attached hydrogen (secondary N) is 1. The normalized spacial score (nSPS) is 13.5. The van der Waals surface area contributed by atoms with Gasteiger partial charge in [-0.3, -0.25) is 9.20 Å². The molecule has 32 heavy (non-hydrogen) atoms. The van der Waals surface area contributed by atoms with Gasteiger partial charge in [-0.05, 0) is 30.3 Å². The molecule has 8 nitrogen and oxygen atoms in total. The Balaban J connectivity index is 1.49. The average Bonchev–Trinajstić information content (AvgIpc) is 3.46. The predicted octanol–water partition coefficient (Wildman–Crippen LogP) is 3.51. The average molecular weight is 425 g/mol. The lowest BCUT2D eigenvalue weighted by atomic mass is 10.1. The van der Waals surface area contributed by atoms with Crippen LogP contribution in [0.1, 0.15) is 0 Å². The number of carbonyl (C=O) groups excluding carboxylic acids is 1. The summed E-state index contributed by atoms with van der Waals surface area (Å²) < 4.78 is 1.94. The van der Waals surface area contributed by atoms with Crippen LogP contribution >= 0.6 is 0 Å². The smallest absolute Gasteiger partial charge is 0.247 e. The van der Waals surface area contributed by atoms with Crippen LogP contribution in [0.4, 0.5) is 23.1 Å². The largest absolute Gasteiger partial charge is 0.382 e. The predicted molar refractivity (Wildman–Crippen MR) is 127 cm³/mol. The minimum atomic E-state index is -0.0868. The molecule has 2 aromatic heterocycles. The van der Waals surface area contributed by atoms with Crippen molar-refractivity contribution in [2.24, 2.45) is 0 Å². The number of amides is 1. The van der Waals surface area contributed by atoms with E-state index in [2.05, 4.69) is 21.8 Å². The number of fused-ring (bicyclic) bond motifs is 1. The van der Waals surface area contributed by atoms with Gasteiger partial charge >= 0.3 is 0 Å². The Kier molecular flexibility index (Phi) is 4.95. The maximum atomic E-state index is 12.0. The molecule has 0 radical (unpaired) electrons. The van der Waals surface area contributed by atoms with Crippen LogP contribution in [0.3, 0.4) is 0 Å². The van der Waals surface area contributed by atoms with Crippen LogP contribution in [-0.4, -0.2) is 44.9 Å². The van der Waals surface area contributed by atoms with Crippen LogP contribution in [0.15, 0.2) is 79.6 Å². The van der Waals surface area contributed by atoms with Crippen molar-refractivity contribution >= 4 is 34.6 Å². The number of anilines is 4. The minimum absolute atomic E-state index is 0.0868. The molecule has 1 aliphatic heterocycles. The zero-order valence-electron chi connectivity index (χ0n) is 17.5. The van der Waals surface area contributed by atoms with Gasteiger partial charge in [0.1, 0.15) is 17.0 Å². The standard InChI is InChI=1S/C24H23N7O/c1-2-20(32)29-14-15-30(16-29)24-28-21(22-23(25)26-12-13-31(22)24)17-8-10-19(11-9-17)27-18-6-4-3-5-7-18/h2-13,27H,1,14-16H2,(H2,25,26). The number of hydrogen-bond acceptors (Lipinski definition) is 6. The van der Waals surface area contributed by atoms with E-state index in [1.165, 1.54) is 6.08 Å². The molecule has 0 unspecified atom stereocenters. The van der Waals surface area contributed by atoms with Crippen LogP contribution < -0.4 is 16.0 Å². The monoisotopic (exact) mass is 425 g/mol. The fraction of sp³-hybridized carbons (Fsp3) is 0.125. The zero-order valence-corrected chi connectivity index (χ0v) is 17.5. The van der Waals surface area contributed by atoms with E-state index in [0.29, 0.717) is 25.6 Å². The first-order valence-electron chi connectivity index (χ1n) is 10.4. The van der Waals surface area contributed by atoms with Crippen molar-refractivity contribution in [1.29, 1.82) is 0 Å². The summed E-state index contributed by atoms with van der Waals surface area (Å²) in [5.74, 6) is 1.05. The number of benzene rings is 2. The highest BCUT2D eigenvalue weighted by atomic mass is 16.2. The van der Waals surface area contributed by atoms with Crippen molar-refractivity contribution in [1.82, 2.24) is 19.3 Å². The van der Waals surface area contributed by atoms with Crippen LogP contribution in [-0.2, 0) is 4.79 Å². The van der Waals surface area contributed by atoms with Gasteiger partial charge in [0.05, 0.1) is 6.67 Å². The molecular formula is C24H23N7O. The highest BCUT2D eigenvalue weighted by molar-refractivity contribution is 5.89. The molecule has 1 fully saturated rings. The summed E-state index contributed by atoms with van der Waals surface area (Å²) in [5.41, 5.74) is 10.7. The number of nitrogen functional groups attached to an aromatic ring is 1. The van der Waals surface area contributed by atoms with E-state index < -0.39 is 0 Å². The first kappa shape index (κ1) is 19.6. The summed E-state index contributed by atoms with van der Waals surface area (Å²) in [7, 11) is 0. The lowest BCUT2D eigenvalue weighted by Gasteiger charge is -2.17. The second kappa shape index (κ2) is 8.07. The Bertz CT molecular complexity index is 1280. The quantitative estimate of drug-likeness (QED) is 0.476. The van der Waals surface area contributed by atoms with Gasteiger partial charge < -0.3 is 20.9 Å². The van der Waals surface area contributed by atoms with Crippen molar-refractivity contribution in [3.05, 3.63) is 79.6 Å². The minimum Gasteiger partial charge on any atom is -0.382 e. The number of nitrogens with two attached hydrogens (primary N) is 1. The third-order valence-corrected chi connectivity index (χ3v) is 5.54. The van der Waals surface area contributed by atoms with Crippen molar-refractivity contribution < 1.29 is 4.79 Å². The van der Waals surface area contributed by atoms with E-state index >= 15 is 0 Å². The van der Waals surface area contributed by atoms with Crippen molar-refractivity contribution in [2.45, 2.75) is 0 Å². The van der Waals surface area contributed by atoms with Crippen LogP contribution in [0.25, 0.3) is 16.8 Å². The molecule has 0 atom stereocenters. The summed E-state index contributed by atoms with van der Waals surface area (Å²) in [5, 5.41) is 3.39. The SMILES string of the molecule is C=CC(=O)N1CCN(c2nc(-c3ccc(Nc4ccccc4)cc3)c3c(N)nccn23)C1. The molecule has 0 saturated carbocycles. The second-order valence-corrected chi connectivity index (χ2v) is 7.57. The van der Waals surface area contributed by atoms with E-state index in [1.54, 1.807) is 11.1 Å². The third kappa shape index (κ3) is 3.51. The lowest BCUT2D eigenvalue weighted by molar-refractivity contribution is -0.124. The number of para-hydroxylation sites is 1. The van der Waals surface area contributed by atoms with Gasteiger partial charge in [0.25, 0.3) is 0 Å². The van der Waals surface area contributed by atoms with Gasteiger partial charge in [0.15, 0.2) is 0 Å². The fourth-order valence-electron chi connectivity index (χ4n) is 3.93. The molecule has 1 amide bonds. The first-order valence-corrected chi connectivity index (χ1v) is 10.4. The fourth-order valence-corrected chi connectivity index (χ4v) is 3.93. The van der Waals surface area contributed by atoms with Crippen LogP contribution in [0.2, 0.25) is 0 Å². The summed E-state index contributed by atoms with van der Waals surface area (Å²) in [6.07, 6.45) is 4.85. The van der Waals surface area contributed by atoms with Gasteiger partial charge in [-0.2, -0.15) is 0 Å². The summed E-state index contributed by atoms with van der Waals surface area (Å²) in [6, 6.07) is 18.1.